The third kappa shape index (κ3) is 4.14. The summed E-state index contributed by atoms with van der Waals surface area (Å²) in [7, 11) is 0. The van der Waals surface area contributed by atoms with Crippen LogP contribution in [0.5, 0.6) is 0 Å². The van der Waals surface area contributed by atoms with Crippen LogP contribution in [-0.4, -0.2) is 53.5 Å². The molecule has 6 nitrogen and oxygen atoms in total. The van der Waals surface area contributed by atoms with Crippen molar-refractivity contribution in [1.82, 2.24) is 14.9 Å². The molecular weight excluding hydrogens is 314 g/mol. The second-order valence-electron chi connectivity index (χ2n) is 6.35. The summed E-state index contributed by atoms with van der Waals surface area (Å²) < 4.78 is 0. The van der Waals surface area contributed by atoms with E-state index in [1.54, 1.807) is 6.07 Å². The number of aryl methyl sites for hydroxylation is 2. The second-order valence-corrected chi connectivity index (χ2v) is 6.35. The summed E-state index contributed by atoms with van der Waals surface area (Å²) in [5, 5.41) is 2.94. The van der Waals surface area contributed by atoms with Crippen molar-refractivity contribution in [3.8, 4) is 0 Å². The van der Waals surface area contributed by atoms with Crippen LogP contribution in [0.15, 0.2) is 30.3 Å². The number of carbonyl (C=O) groups excluding carboxylic acids is 1. The van der Waals surface area contributed by atoms with Gasteiger partial charge in [-0.05, 0) is 32.0 Å². The van der Waals surface area contributed by atoms with Gasteiger partial charge < -0.3 is 15.1 Å². The number of rotatable bonds is 4. The molecule has 0 aliphatic carbocycles. The maximum absolute atomic E-state index is 12.6. The van der Waals surface area contributed by atoms with Crippen molar-refractivity contribution in [3.05, 3.63) is 47.4 Å². The van der Waals surface area contributed by atoms with Crippen molar-refractivity contribution in [3.63, 3.8) is 0 Å². The van der Waals surface area contributed by atoms with Crippen molar-refractivity contribution < 1.29 is 4.79 Å². The van der Waals surface area contributed by atoms with Crippen LogP contribution in [-0.2, 0) is 0 Å². The van der Waals surface area contributed by atoms with Crippen molar-refractivity contribution in [1.29, 1.82) is 0 Å². The molecule has 25 heavy (non-hydrogen) atoms. The molecule has 1 aliphatic rings. The van der Waals surface area contributed by atoms with Gasteiger partial charge in [0.25, 0.3) is 5.91 Å². The Morgan fingerprint density at radius 3 is 2.52 bits per heavy atom. The van der Waals surface area contributed by atoms with Crippen LogP contribution in [0.2, 0.25) is 0 Å². The van der Waals surface area contributed by atoms with E-state index in [4.69, 9.17) is 0 Å². The average Bonchev–Trinajstić information content (AvgIpc) is 2.63. The molecule has 3 rings (SSSR count). The number of piperazine rings is 1. The number of aromatic nitrogens is 2. The quantitative estimate of drug-likeness (QED) is 0.927. The number of hydrogen-bond donors (Lipinski definition) is 1. The summed E-state index contributed by atoms with van der Waals surface area (Å²) in [5.41, 5.74) is 2.24. The summed E-state index contributed by atoms with van der Waals surface area (Å²) in [6.07, 6.45) is 0. The highest BCUT2D eigenvalue weighted by atomic mass is 16.1. The van der Waals surface area contributed by atoms with Gasteiger partial charge >= 0.3 is 0 Å². The molecule has 2 heterocycles. The summed E-state index contributed by atoms with van der Waals surface area (Å²) >= 11 is 0. The lowest BCUT2D eigenvalue weighted by molar-refractivity contribution is 0.102. The standard InChI is InChI=1S/C19H25N5O/c1-4-23-9-11-24(12-10-23)18-13-17(20-15(3)21-18)19(25)22-16-8-6-5-7-14(16)2/h5-8,13H,4,9-12H2,1-3H3,(H,22,25). The van der Waals surface area contributed by atoms with Gasteiger partial charge in [0.1, 0.15) is 17.3 Å². The van der Waals surface area contributed by atoms with E-state index in [0.717, 1.165) is 49.8 Å². The summed E-state index contributed by atoms with van der Waals surface area (Å²) in [6, 6.07) is 9.52. The Kier molecular flexibility index (Phi) is 5.28. The molecule has 1 amide bonds. The first-order chi connectivity index (χ1) is 12.1. The van der Waals surface area contributed by atoms with Crippen LogP contribution in [0, 0.1) is 13.8 Å². The van der Waals surface area contributed by atoms with Gasteiger partial charge in [0.2, 0.25) is 0 Å². The maximum Gasteiger partial charge on any atom is 0.274 e. The highest BCUT2D eigenvalue weighted by Crippen LogP contribution is 2.18. The van der Waals surface area contributed by atoms with E-state index in [1.165, 1.54) is 0 Å². The highest BCUT2D eigenvalue weighted by molar-refractivity contribution is 6.03. The Hall–Kier alpha value is -2.47. The maximum atomic E-state index is 12.6. The Morgan fingerprint density at radius 1 is 1.12 bits per heavy atom. The topological polar surface area (TPSA) is 61.4 Å². The molecule has 1 aliphatic heterocycles. The van der Waals surface area contributed by atoms with Crippen molar-refractivity contribution >= 4 is 17.4 Å². The molecule has 0 saturated carbocycles. The Morgan fingerprint density at radius 2 is 1.84 bits per heavy atom. The van der Waals surface area contributed by atoms with E-state index in [-0.39, 0.29) is 5.91 Å². The van der Waals surface area contributed by atoms with E-state index >= 15 is 0 Å². The van der Waals surface area contributed by atoms with E-state index in [1.807, 2.05) is 38.1 Å². The number of amides is 1. The van der Waals surface area contributed by atoms with Crippen LogP contribution in [0.25, 0.3) is 0 Å². The van der Waals surface area contributed by atoms with E-state index in [2.05, 4.69) is 32.0 Å². The third-order valence-corrected chi connectivity index (χ3v) is 4.59. The normalized spacial score (nSPS) is 15.2. The first-order valence-electron chi connectivity index (χ1n) is 8.77. The molecule has 2 aromatic rings. The third-order valence-electron chi connectivity index (χ3n) is 4.59. The number of carbonyl (C=O) groups is 1. The minimum atomic E-state index is -0.201. The van der Waals surface area contributed by atoms with Gasteiger partial charge in [0.05, 0.1) is 0 Å². The van der Waals surface area contributed by atoms with Gasteiger partial charge in [0.15, 0.2) is 0 Å². The number of hydrogen-bond acceptors (Lipinski definition) is 5. The zero-order chi connectivity index (χ0) is 17.8. The van der Waals surface area contributed by atoms with Crippen molar-refractivity contribution in [2.75, 3.05) is 42.9 Å². The van der Waals surface area contributed by atoms with Gasteiger partial charge in [-0.3, -0.25) is 4.79 Å². The van der Waals surface area contributed by atoms with Crippen molar-refractivity contribution in [2.45, 2.75) is 20.8 Å². The van der Waals surface area contributed by atoms with E-state index in [0.29, 0.717) is 11.5 Å². The van der Waals surface area contributed by atoms with Crippen molar-refractivity contribution in [2.24, 2.45) is 0 Å². The van der Waals surface area contributed by atoms with Crippen LogP contribution < -0.4 is 10.2 Å². The Balaban J connectivity index is 1.77. The number of anilines is 2. The van der Waals surface area contributed by atoms with Crippen LogP contribution >= 0.6 is 0 Å². The number of nitrogens with one attached hydrogen (secondary N) is 1. The lowest BCUT2D eigenvalue weighted by atomic mass is 10.2. The largest absolute Gasteiger partial charge is 0.354 e. The average molecular weight is 339 g/mol. The fourth-order valence-corrected chi connectivity index (χ4v) is 3.02. The molecule has 132 valence electrons. The predicted octanol–water partition coefficient (Wildman–Crippen LogP) is 2.49. The van der Waals surface area contributed by atoms with Gasteiger partial charge in [-0.25, -0.2) is 9.97 Å². The zero-order valence-electron chi connectivity index (χ0n) is 15.1. The lowest BCUT2D eigenvalue weighted by Crippen LogP contribution is -2.46. The first kappa shape index (κ1) is 17.4. The monoisotopic (exact) mass is 339 g/mol. The molecule has 0 unspecified atom stereocenters. The fourth-order valence-electron chi connectivity index (χ4n) is 3.02. The predicted molar refractivity (Wildman–Crippen MR) is 100 cm³/mol. The number of benzene rings is 1. The number of para-hydroxylation sites is 1. The highest BCUT2D eigenvalue weighted by Gasteiger charge is 2.19. The molecule has 1 aromatic carbocycles. The number of nitrogens with zero attached hydrogens (tertiary/aromatic N) is 4. The first-order valence-corrected chi connectivity index (χ1v) is 8.77. The van der Waals surface area contributed by atoms with Crippen LogP contribution in [0.4, 0.5) is 11.5 Å². The summed E-state index contributed by atoms with van der Waals surface area (Å²) in [5.74, 6) is 1.25. The van der Waals surface area contributed by atoms with Gasteiger partial charge in [0, 0.05) is 37.9 Å². The zero-order valence-corrected chi connectivity index (χ0v) is 15.1. The Labute approximate surface area is 148 Å². The van der Waals surface area contributed by atoms with Gasteiger partial charge in [-0.1, -0.05) is 25.1 Å². The molecule has 0 radical (unpaired) electrons. The van der Waals surface area contributed by atoms with Crippen LogP contribution in [0.3, 0.4) is 0 Å². The van der Waals surface area contributed by atoms with Gasteiger partial charge in [-0.15, -0.1) is 0 Å². The number of likely N-dealkylation sites (N-methyl/N-ethyl adjacent to an activating group) is 1. The molecule has 1 N–H and O–H groups in total. The molecule has 6 heteroatoms. The van der Waals surface area contributed by atoms with E-state index < -0.39 is 0 Å². The Bertz CT molecular complexity index is 753. The molecule has 1 aromatic heterocycles. The minimum absolute atomic E-state index is 0.201. The molecular formula is C19H25N5O. The molecule has 1 saturated heterocycles. The molecule has 0 spiro atoms. The summed E-state index contributed by atoms with van der Waals surface area (Å²) in [6.45, 7) is 10.9. The minimum Gasteiger partial charge on any atom is -0.354 e. The lowest BCUT2D eigenvalue weighted by Gasteiger charge is -2.34. The van der Waals surface area contributed by atoms with Crippen LogP contribution in [0.1, 0.15) is 28.8 Å². The molecule has 0 atom stereocenters. The smallest absolute Gasteiger partial charge is 0.274 e. The SMILES string of the molecule is CCN1CCN(c2cc(C(=O)Nc3ccccc3C)nc(C)n2)CC1. The summed E-state index contributed by atoms with van der Waals surface area (Å²) in [4.78, 5) is 26.1. The van der Waals surface area contributed by atoms with E-state index in [9.17, 15) is 4.79 Å². The van der Waals surface area contributed by atoms with Gasteiger partial charge in [-0.2, -0.15) is 0 Å². The second kappa shape index (κ2) is 7.61. The molecule has 0 bridgehead atoms. The molecule has 1 fully saturated rings. The fraction of sp³-hybridized carbons (Fsp3) is 0.421.